The van der Waals surface area contributed by atoms with Crippen molar-refractivity contribution in [2.45, 2.75) is 5.79 Å². The molecule has 2 aromatic carbocycles. The fourth-order valence-corrected chi connectivity index (χ4v) is 3.47. The summed E-state index contributed by atoms with van der Waals surface area (Å²) >= 11 is 0. The van der Waals surface area contributed by atoms with Crippen LogP contribution in [0.2, 0.25) is 0 Å². The Morgan fingerprint density at radius 1 is 0.810 bits per heavy atom. The van der Waals surface area contributed by atoms with Gasteiger partial charge in [0.1, 0.15) is 0 Å². The minimum Gasteiger partial charge on any atom is -0.341 e. The van der Waals surface area contributed by atoms with Crippen LogP contribution < -0.4 is 10.4 Å². The Bertz CT molecular complexity index is 942. The van der Waals surface area contributed by atoms with Crippen molar-refractivity contribution in [1.29, 1.82) is 0 Å². The molecule has 1 saturated heterocycles. The van der Waals surface area contributed by atoms with Crippen LogP contribution in [-0.2, 0) is 9.47 Å². The van der Waals surface area contributed by atoms with Gasteiger partial charge in [-0.15, -0.1) is 0 Å². The lowest BCUT2D eigenvalue weighted by Crippen LogP contribution is -2.30. The third-order valence-corrected chi connectivity index (χ3v) is 4.47. The maximum atomic E-state index is 5.74. The monoisotopic (exact) mass is 274 g/mol. The number of hydrogen-bond acceptors (Lipinski definition) is 2. The smallest absolute Gasteiger partial charge is 0.209 e. The second-order valence-corrected chi connectivity index (χ2v) is 5.65. The average Bonchev–Trinajstić information content (AvgIpc) is 3.16. The van der Waals surface area contributed by atoms with Crippen molar-refractivity contribution in [3.63, 3.8) is 0 Å². The van der Waals surface area contributed by atoms with Gasteiger partial charge >= 0.3 is 0 Å². The van der Waals surface area contributed by atoms with E-state index in [-0.39, 0.29) is 0 Å². The topological polar surface area (TPSA) is 18.5 Å². The zero-order chi connectivity index (χ0) is 13.9. The molecule has 0 saturated carbocycles. The normalized spacial score (nSPS) is 20.4. The van der Waals surface area contributed by atoms with Crippen LogP contribution in [0.15, 0.2) is 36.4 Å². The van der Waals surface area contributed by atoms with Crippen LogP contribution in [0.5, 0.6) is 0 Å². The Morgan fingerprint density at radius 3 is 2.33 bits per heavy atom. The molecule has 1 heterocycles. The molecule has 1 fully saturated rings. The van der Waals surface area contributed by atoms with Gasteiger partial charge in [-0.2, -0.15) is 0 Å². The molecule has 1 spiro atoms. The summed E-state index contributed by atoms with van der Waals surface area (Å²) in [6, 6.07) is 8.77. The van der Waals surface area contributed by atoms with E-state index in [1.165, 1.54) is 32.3 Å². The van der Waals surface area contributed by atoms with Gasteiger partial charge in [0.2, 0.25) is 5.79 Å². The molecule has 0 bridgehead atoms. The molecular formula is C19H14O2. The van der Waals surface area contributed by atoms with Crippen LogP contribution in [0.25, 0.3) is 35.1 Å². The fourth-order valence-electron chi connectivity index (χ4n) is 3.47. The molecule has 2 aromatic rings. The summed E-state index contributed by atoms with van der Waals surface area (Å²) < 4.78 is 11.5. The highest BCUT2D eigenvalue weighted by atomic mass is 16.7. The van der Waals surface area contributed by atoms with Crippen LogP contribution in [-0.4, -0.2) is 19.0 Å². The zero-order valence-electron chi connectivity index (χ0n) is 11.5. The number of ether oxygens (including phenoxy) is 2. The summed E-state index contributed by atoms with van der Waals surface area (Å²) in [5, 5.41) is 5.06. The van der Waals surface area contributed by atoms with Crippen LogP contribution in [0.1, 0.15) is 11.1 Å². The average molecular weight is 274 g/mol. The van der Waals surface area contributed by atoms with Crippen molar-refractivity contribution >= 4 is 35.1 Å². The van der Waals surface area contributed by atoms with E-state index in [1.54, 1.807) is 0 Å². The van der Waals surface area contributed by atoms with Gasteiger partial charge in [0.25, 0.3) is 0 Å². The molecule has 0 amide bonds. The molecular weight excluding hydrogens is 260 g/mol. The number of fused-ring (bicyclic) bond motifs is 5. The highest BCUT2D eigenvalue weighted by Gasteiger charge is 2.33. The van der Waals surface area contributed by atoms with Crippen molar-refractivity contribution in [2.24, 2.45) is 0 Å². The minimum absolute atomic E-state index is 0.648. The van der Waals surface area contributed by atoms with Gasteiger partial charge in [0.05, 0.1) is 13.2 Å². The van der Waals surface area contributed by atoms with Gasteiger partial charge in [0.15, 0.2) is 0 Å². The molecule has 5 rings (SSSR count). The summed E-state index contributed by atoms with van der Waals surface area (Å²) in [7, 11) is 0. The second kappa shape index (κ2) is 3.94. The summed E-state index contributed by atoms with van der Waals surface area (Å²) in [6.45, 7) is 1.30. The lowest BCUT2D eigenvalue weighted by Gasteiger charge is -2.23. The van der Waals surface area contributed by atoms with Crippen molar-refractivity contribution < 1.29 is 9.47 Å². The highest BCUT2D eigenvalue weighted by molar-refractivity contribution is 5.98. The molecule has 0 N–H and O–H groups in total. The Balaban J connectivity index is 1.84. The maximum Gasteiger partial charge on any atom is 0.209 e. The van der Waals surface area contributed by atoms with E-state index in [0.717, 1.165) is 0 Å². The molecule has 2 aliphatic carbocycles. The fraction of sp³-hybridized carbons (Fsp3) is 0.158. The van der Waals surface area contributed by atoms with Gasteiger partial charge in [0, 0.05) is 0 Å². The summed E-state index contributed by atoms with van der Waals surface area (Å²) in [4.78, 5) is 0. The molecule has 1 aliphatic heterocycles. The number of benzene rings is 2. The Kier molecular flexibility index (Phi) is 2.16. The van der Waals surface area contributed by atoms with Crippen molar-refractivity contribution in [2.75, 3.05) is 13.2 Å². The Morgan fingerprint density at radius 2 is 1.52 bits per heavy atom. The van der Waals surface area contributed by atoms with Crippen LogP contribution in [0, 0.1) is 0 Å². The third-order valence-electron chi connectivity index (χ3n) is 4.47. The predicted molar refractivity (Wildman–Crippen MR) is 84.8 cm³/mol. The molecule has 21 heavy (non-hydrogen) atoms. The number of allylic oxidation sites excluding steroid dienone is 1. The summed E-state index contributed by atoms with van der Waals surface area (Å²) in [6.07, 6.45) is 12.7. The van der Waals surface area contributed by atoms with Gasteiger partial charge in [-0.25, -0.2) is 0 Å². The van der Waals surface area contributed by atoms with Gasteiger partial charge < -0.3 is 9.47 Å². The van der Waals surface area contributed by atoms with Crippen molar-refractivity contribution in [3.05, 3.63) is 58.0 Å². The van der Waals surface area contributed by atoms with Gasteiger partial charge in [-0.05, 0) is 44.5 Å². The molecule has 2 heteroatoms. The van der Waals surface area contributed by atoms with Crippen LogP contribution in [0.3, 0.4) is 0 Å². The van der Waals surface area contributed by atoms with Crippen molar-refractivity contribution in [1.82, 2.24) is 0 Å². The quantitative estimate of drug-likeness (QED) is 0.733. The Labute approximate surface area is 122 Å². The van der Waals surface area contributed by atoms with E-state index in [9.17, 15) is 0 Å². The first-order chi connectivity index (χ1) is 10.3. The minimum atomic E-state index is -0.648. The number of hydrogen-bond donors (Lipinski definition) is 0. The van der Waals surface area contributed by atoms with E-state index >= 15 is 0 Å². The third kappa shape index (κ3) is 1.54. The lowest BCUT2D eigenvalue weighted by atomic mass is 9.94. The molecule has 0 atom stereocenters. The van der Waals surface area contributed by atoms with E-state index < -0.39 is 5.79 Å². The molecule has 0 unspecified atom stereocenters. The maximum absolute atomic E-state index is 5.74. The first-order valence-corrected chi connectivity index (χ1v) is 7.29. The van der Waals surface area contributed by atoms with E-state index in [1.807, 2.05) is 6.08 Å². The van der Waals surface area contributed by atoms with Crippen LogP contribution >= 0.6 is 0 Å². The highest BCUT2D eigenvalue weighted by Crippen LogP contribution is 2.29. The Hall–Kier alpha value is -2.16. The van der Waals surface area contributed by atoms with Gasteiger partial charge in [-0.3, -0.25) is 0 Å². The predicted octanol–water partition coefficient (Wildman–Crippen LogP) is 2.20. The van der Waals surface area contributed by atoms with Crippen molar-refractivity contribution in [3.8, 4) is 0 Å². The lowest BCUT2D eigenvalue weighted by molar-refractivity contribution is -0.0602. The molecule has 0 aromatic heterocycles. The van der Waals surface area contributed by atoms with E-state index in [2.05, 4.69) is 54.6 Å². The zero-order valence-corrected chi connectivity index (χ0v) is 11.5. The summed E-state index contributed by atoms with van der Waals surface area (Å²) in [5.74, 6) is -0.648. The van der Waals surface area contributed by atoms with Crippen LogP contribution in [0.4, 0.5) is 0 Å². The molecule has 2 nitrogen and oxygen atoms in total. The number of rotatable bonds is 0. The largest absolute Gasteiger partial charge is 0.341 e. The second-order valence-electron chi connectivity index (χ2n) is 5.65. The molecule has 102 valence electrons. The summed E-state index contributed by atoms with van der Waals surface area (Å²) in [5.41, 5.74) is 2.57. The molecule has 3 aliphatic rings. The van der Waals surface area contributed by atoms with Gasteiger partial charge in [-0.1, -0.05) is 48.6 Å². The standard InChI is InChI=1S/C19H14O2/c1-2-13-4-6-18-16-8-9-19(20-10-11-21-19)12-14(16)5-7-17(18)15(13)3-1/h1-9,12H,10-11H2. The van der Waals surface area contributed by atoms with E-state index in [4.69, 9.17) is 9.47 Å². The first-order valence-electron chi connectivity index (χ1n) is 7.29. The first kappa shape index (κ1) is 11.5. The SMILES string of the molecule is C1=Cc2c(ccc3c4c(ccc23)=CC2(C=C4)OCCO2)=C1. The molecule has 0 radical (unpaired) electrons. The van der Waals surface area contributed by atoms with E-state index in [0.29, 0.717) is 13.2 Å².